The van der Waals surface area contributed by atoms with Crippen molar-refractivity contribution in [1.82, 2.24) is 9.97 Å². The molecule has 1 aromatic heterocycles. The minimum Gasteiger partial charge on any atom is -0.356 e. The van der Waals surface area contributed by atoms with Crippen LogP contribution in [0.15, 0.2) is 30.3 Å². The fourth-order valence-electron chi connectivity index (χ4n) is 2.93. The monoisotopic (exact) mass is 325 g/mol. The second-order valence-corrected chi connectivity index (χ2v) is 6.09. The lowest BCUT2D eigenvalue weighted by atomic mass is 10.1. The Balaban J connectivity index is 1.79. The highest BCUT2D eigenvalue weighted by molar-refractivity contribution is 5.89. The summed E-state index contributed by atoms with van der Waals surface area (Å²) in [5, 5.41) is 6.09. The summed E-state index contributed by atoms with van der Waals surface area (Å²) in [7, 11) is 0. The van der Waals surface area contributed by atoms with Gasteiger partial charge in [0, 0.05) is 37.5 Å². The number of carbonyl (C=O) groups excluding carboxylic acids is 1. The van der Waals surface area contributed by atoms with Crippen LogP contribution in [0.3, 0.4) is 0 Å². The number of hydrogen-bond acceptors (Lipinski definition) is 5. The van der Waals surface area contributed by atoms with Crippen LogP contribution in [0.2, 0.25) is 0 Å². The van der Waals surface area contributed by atoms with E-state index in [9.17, 15) is 4.79 Å². The second kappa shape index (κ2) is 7.29. The Morgan fingerprint density at radius 1 is 1.08 bits per heavy atom. The molecule has 0 saturated carbocycles. The molecular weight excluding hydrogens is 302 g/mol. The second-order valence-electron chi connectivity index (χ2n) is 6.09. The van der Waals surface area contributed by atoms with Gasteiger partial charge in [0.1, 0.15) is 17.5 Å². The van der Waals surface area contributed by atoms with Crippen molar-refractivity contribution >= 4 is 28.9 Å². The molecule has 126 valence electrons. The van der Waals surface area contributed by atoms with Crippen LogP contribution in [0, 0.1) is 6.92 Å². The van der Waals surface area contributed by atoms with Crippen molar-refractivity contribution < 1.29 is 4.79 Å². The number of nitrogens with one attached hydrogen (secondary N) is 2. The maximum atomic E-state index is 11.2. The Bertz CT molecular complexity index is 725. The van der Waals surface area contributed by atoms with Crippen molar-refractivity contribution in [3.05, 3.63) is 36.2 Å². The van der Waals surface area contributed by atoms with Crippen LogP contribution in [0.25, 0.3) is 0 Å². The van der Waals surface area contributed by atoms with Crippen LogP contribution < -0.4 is 15.5 Å². The van der Waals surface area contributed by atoms with Crippen LogP contribution in [0.1, 0.15) is 32.0 Å². The molecule has 1 aliphatic heterocycles. The Morgan fingerprint density at radius 3 is 2.58 bits per heavy atom. The average Bonchev–Trinajstić information content (AvgIpc) is 2.55. The third-order valence-electron chi connectivity index (χ3n) is 3.96. The summed E-state index contributed by atoms with van der Waals surface area (Å²) in [5.74, 6) is 2.40. The summed E-state index contributed by atoms with van der Waals surface area (Å²) in [6, 6.07) is 9.58. The van der Waals surface area contributed by atoms with E-state index in [0.29, 0.717) is 0 Å². The molecule has 0 bridgehead atoms. The van der Waals surface area contributed by atoms with Crippen LogP contribution in [-0.4, -0.2) is 29.0 Å². The smallest absolute Gasteiger partial charge is 0.221 e. The van der Waals surface area contributed by atoms with Gasteiger partial charge in [0.2, 0.25) is 5.91 Å². The molecule has 0 aliphatic carbocycles. The van der Waals surface area contributed by atoms with Gasteiger partial charge in [-0.25, -0.2) is 9.97 Å². The number of nitrogens with zero attached hydrogens (tertiary/aromatic N) is 3. The molecule has 24 heavy (non-hydrogen) atoms. The van der Waals surface area contributed by atoms with Gasteiger partial charge < -0.3 is 15.5 Å². The molecule has 0 atom stereocenters. The number of piperidine rings is 1. The van der Waals surface area contributed by atoms with Crippen molar-refractivity contribution in [3.8, 4) is 0 Å². The molecule has 2 N–H and O–H groups in total. The topological polar surface area (TPSA) is 70.2 Å². The molecule has 0 unspecified atom stereocenters. The lowest BCUT2D eigenvalue weighted by molar-refractivity contribution is -0.114. The molecule has 1 aromatic carbocycles. The maximum absolute atomic E-state index is 11.2. The molecule has 1 saturated heterocycles. The molecule has 0 spiro atoms. The van der Waals surface area contributed by atoms with E-state index in [1.54, 1.807) is 0 Å². The number of anilines is 4. The predicted molar refractivity (Wildman–Crippen MR) is 96.9 cm³/mol. The lowest BCUT2D eigenvalue weighted by Gasteiger charge is -2.28. The number of aryl methyl sites for hydroxylation is 1. The van der Waals surface area contributed by atoms with Gasteiger partial charge in [-0.05, 0) is 44.4 Å². The minimum absolute atomic E-state index is 0.0857. The van der Waals surface area contributed by atoms with Crippen molar-refractivity contribution in [1.29, 1.82) is 0 Å². The summed E-state index contributed by atoms with van der Waals surface area (Å²) >= 11 is 0. The highest BCUT2D eigenvalue weighted by atomic mass is 16.1. The summed E-state index contributed by atoms with van der Waals surface area (Å²) in [5.41, 5.74) is 1.64. The molecule has 6 heteroatoms. The van der Waals surface area contributed by atoms with Gasteiger partial charge in [0.25, 0.3) is 0 Å². The highest BCUT2D eigenvalue weighted by Crippen LogP contribution is 2.23. The lowest BCUT2D eigenvalue weighted by Crippen LogP contribution is -2.30. The first kappa shape index (κ1) is 16.2. The van der Waals surface area contributed by atoms with Gasteiger partial charge in [0.15, 0.2) is 0 Å². The van der Waals surface area contributed by atoms with Crippen molar-refractivity contribution in [2.75, 3.05) is 28.6 Å². The van der Waals surface area contributed by atoms with Crippen molar-refractivity contribution in [2.24, 2.45) is 0 Å². The van der Waals surface area contributed by atoms with Gasteiger partial charge >= 0.3 is 0 Å². The molecule has 1 amide bonds. The molecule has 1 aliphatic rings. The zero-order valence-electron chi connectivity index (χ0n) is 14.2. The fourth-order valence-corrected chi connectivity index (χ4v) is 2.93. The normalized spacial score (nSPS) is 14.3. The SMILES string of the molecule is CC(=O)Nc1cccc(Nc2cc(N3CCCCC3)nc(C)n2)c1. The number of rotatable bonds is 4. The largest absolute Gasteiger partial charge is 0.356 e. The Labute approximate surface area is 142 Å². The number of aromatic nitrogens is 2. The molecule has 0 radical (unpaired) electrons. The first-order chi connectivity index (χ1) is 11.6. The van der Waals surface area contributed by atoms with Gasteiger partial charge in [0.05, 0.1) is 0 Å². The third-order valence-corrected chi connectivity index (χ3v) is 3.96. The summed E-state index contributed by atoms with van der Waals surface area (Å²) in [6.45, 7) is 5.51. The zero-order chi connectivity index (χ0) is 16.9. The summed E-state index contributed by atoms with van der Waals surface area (Å²) in [4.78, 5) is 22.6. The van der Waals surface area contributed by atoms with E-state index < -0.39 is 0 Å². The quantitative estimate of drug-likeness (QED) is 0.900. The average molecular weight is 325 g/mol. The van der Waals surface area contributed by atoms with Gasteiger partial charge in [-0.15, -0.1) is 0 Å². The van der Waals surface area contributed by atoms with E-state index in [1.807, 2.05) is 37.3 Å². The van der Waals surface area contributed by atoms with E-state index >= 15 is 0 Å². The van der Waals surface area contributed by atoms with Crippen LogP contribution >= 0.6 is 0 Å². The van der Waals surface area contributed by atoms with E-state index in [0.717, 1.165) is 41.9 Å². The van der Waals surface area contributed by atoms with Crippen LogP contribution in [-0.2, 0) is 4.79 Å². The van der Waals surface area contributed by atoms with E-state index in [1.165, 1.54) is 26.2 Å². The van der Waals surface area contributed by atoms with Crippen LogP contribution in [0.5, 0.6) is 0 Å². The highest BCUT2D eigenvalue weighted by Gasteiger charge is 2.14. The van der Waals surface area contributed by atoms with Gasteiger partial charge in [-0.1, -0.05) is 6.07 Å². The maximum Gasteiger partial charge on any atom is 0.221 e. The van der Waals surface area contributed by atoms with E-state index in [-0.39, 0.29) is 5.91 Å². The molecule has 6 nitrogen and oxygen atoms in total. The Morgan fingerprint density at radius 2 is 1.83 bits per heavy atom. The number of hydrogen-bond donors (Lipinski definition) is 2. The summed E-state index contributed by atoms with van der Waals surface area (Å²) in [6.07, 6.45) is 3.72. The minimum atomic E-state index is -0.0857. The van der Waals surface area contributed by atoms with Crippen molar-refractivity contribution in [2.45, 2.75) is 33.1 Å². The molecule has 3 rings (SSSR count). The molecule has 2 aromatic rings. The number of benzene rings is 1. The molecule has 2 heterocycles. The first-order valence-corrected chi connectivity index (χ1v) is 8.35. The molecular formula is C18H23N5O. The molecule has 1 fully saturated rings. The standard InChI is InChI=1S/C18H23N5O/c1-13-19-17(12-18(20-13)23-9-4-3-5-10-23)22-16-8-6-7-15(11-16)21-14(2)24/h6-8,11-12H,3-5,9-10H2,1-2H3,(H,21,24)(H,19,20,22). The van der Waals surface area contributed by atoms with Gasteiger partial charge in [-0.3, -0.25) is 4.79 Å². The Kier molecular flexibility index (Phi) is 4.93. The predicted octanol–water partition coefficient (Wildman–Crippen LogP) is 3.48. The zero-order valence-corrected chi connectivity index (χ0v) is 14.2. The van der Waals surface area contributed by atoms with E-state index in [4.69, 9.17) is 0 Å². The number of amides is 1. The van der Waals surface area contributed by atoms with Gasteiger partial charge in [-0.2, -0.15) is 0 Å². The van der Waals surface area contributed by atoms with Crippen molar-refractivity contribution in [3.63, 3.8) is 0 Å². The third kappa shape index (κ3) is 4.22. The fraction of sp³-hybridized carbons (Fsp3) is 0.389. The Hall–Kier alpha value is -2.63. The summed E-state index contributed by atoms with van der Waals surface area (Å²) < 4.78 is 0. The first-order valence-electron chi connectivity index (χ1n) is 8.35. The van der Waals surface area contributed by atoms with E-state index in [2.05, 4.69) is 25.5 Å². The number of carbonyl (C=O) groups is 1. The van der Waals surface area contributed by atoms with Crippen LogP contribution in [0.4, 0.5) is 23.0 Å².